The Morgan fingerprint density at radius 2 is 1.89 bits per heavy atom. The maximum absolute atomic E-state index is 6.00. The first-order chi connectivity index (χ1) is 8.51. The monoisotopic (exact) mass is 250 g/mol. The van der Waals surface area contributed by atoms with Crippen LogP contribution in [-0.4, -0.2) is 23.1 Å². The highest BCUT2D eigenvalue weighted by molar-refractivity contribution is 5.56. The molecule has 1 rings (SSSR count). The molecule has 0 atom stereocenters. The van der Waals surface area contributed by atoms with Crippen molar-refractivity contribution in [1.29, 1.82) is 0 Å². The van der Waals surface area contributed by atoms with Gasteiger partial charge in [0.25, 0.3) is 0 Å². The normalized spacial score (nSPS) is 11.0. The third-order valence-electron chi connectivity index (χ3n) is 3.15. The summed E-state index contributed by atoms with van der Waals surface area (Å²) in [6.45, 7) is 12.5. The molecule has 0 radical (unpaired) electrons. The molecule has 0 fully saturated rings. The van der Waals surface area contributed by atoms with Gasteiger partial charge in [-0.15, -0.1) is 0 Å². The van der Waals surface area contributed by atoms with Gasteiger partial charge in [0, 0.05) is 24.6 Å². The lowest BCUT2D eigenvalue weighted by Crippen LogP contribution is -2.27. The van der Waals surface area contributed by atoms with Gasteiger partial charge in [0.15, 0.2) is 0 Å². The van der Waals surface area contributed by atoms with Crippen LogP contribution in [0.15, 0.2) is 0 Å². The van der Waals surface area contributed by atoms with E-state index in [9.17, 15) is 0 Å². The van der Waals surface area contributed by atoms with Crippen LogP contribution in [0, 0.1) is 6.92 Å². The number of nitrogens with two attached hydrogens (primary N) is 1. The first kappa shape index (κ1) is 14.7. The molecule has 4 heteroatoms. The van der Waals surface area contributed by atoms with Gasteiger partial charge in [-0.05, 0) is 20.3 Å². The summed E-state index contributed by atoms with van der Waals surface area (Å²) in [7, 11) is 0. The first-order valence-electron chi connectivity index (χ1n) is 6.90. The highest BCUT2D eigenvalue weighted by Crippen LogP contribution is 2.24. The summed E-state index contributed by atoms with van der Waals surface area (Å²) in [5, 5.41) is 0. The molecule has 0 saturated heterocycles. The highest BCUT2D eigenvalue weighted by Gasteiger charge is 2.15. The van der Waals surface area contributed by atoms with Gasteiger partial charge in [-0.1, -0.05) is 27.2 Å². The number of nitrogens with zero attached hydrogens (tertiary/aromatic N) is 3. The number of aromatic nitrogens is 2. The molecular weight excluding hydrogens is 224 g/mol. The molecular formula is C14H26N4. The fourth-order valence-electron chi connectivity index (χ4n) is 1.87. The molecule has 1 heterocycles. The van der Waals surface area contributed by atoms with Crippen molar-refractivity contribution in [1.82, 2.24) is 9.97 Å². The van der Waals surface area contributed by atoms with Gasteiger partial charge in [-0.2, -0.15) is 0 Å². The molecule has 0 aliphatic carbocycles. The molecule has 1 aromatic heterocycles. The van der Waals surface area contributed by atoms with Crippen LogP contribution in [0.25, 0.3) is 0 Å². The minimum absolute atomic E-state index is 0.302. The Morgan fingerprint density at radius 1 is 1.22 bits per heavy atom. The number of hydrogen-bond donors (Lipinski definition) is 1. The van der Waals surface area contributed by atoms with Crippen LogP contribution >= 0.6 is 0 Å². The molecule has 0 spiro atoms. The molecule has 2 N–H and O–H groups in total. The summed E-state index contributed by atoms with van der Waals surface area (Å²) in [5.41, 5.74) is 7.00. The van der Waals surface area contributed by atoms with Gasteiger partial charge < -0.3 is 10.6 Å². The van der Waals surface area contributed by atoms with E-state index in [-0.39, 0.29) is 0 Å². The summed E-state index contributed by atoms with van der Waals surface area (Å²) in [6.07, 6.45) is 2.36. The lowest BCUT2D eigenvalue weighted by atomic mass is 10.2. The lowest BCUT2D eigenvalue weighted by Gasteiger charge is -2.25. The minimum Gasteiger partial charge on any atom is -0.383 e. The van der Waals surface area contributed by atoms with Gasteiger partial charge in [0.05, 0.1) is 0 Å². The lowest BCUT2D eigenvalue weighted by molar-refractivity contribution is 0.706. The Hall–Kier alpha value is -1.32. The first-order valence-corrected chi connectivity index (χ1v) is 6.90. The van der Waals surface area contributed by atoms with Gasteiger partial charge >= 0.3 is 0 Å². The molecule has 0 aromatic carbocycles. The highest BCUT2D eigenvalue weighted by atomic mass is 15.2. The van der Waals surface area contributed by atoms with E-state index in [2.05, 4.69) is 37.6 Å². The summed E-state index contributed by atoms with van der Waals surface area (Å²) in [6, 6.07) is 0. The maximum Gasteiger partial charge on any atom is 0.137 e. The summed E-state index contributed by atoms with van der Waals surface area (Å²) in [4.78, 5) is 11.4. The molecule has 0 bridgehead atoms. The van der Waals surface area contributed by atoms with Crippen molar-refractivity contribution >= 4 is 11.6 Å². The molecule has 102 valence electrons. The zero-order chi connectivity index (χ0) is 13.7. The Kier molecular flexibility index (Phi) is 5.38. The molecule has 18 heavy (non-hydrogen) atoms. The number of rotatable bonds is 6. The maximum atomic E-state index is 6.00. The van der Waals surface area contributed by atoms with E-state index < -0.39 is 0 Å². The predicted octanol–water partition coefficient (Wildman–Crippen LogP) is 3.12. The molecule has 0 amide bonds. The largest absolute Gasteiger partial charge is 0.383 e. The quantitative estimate of drug-likeness (QED) is 0.842. The summed E-state index contributed by atoms with van der Waals surface area (Å²) >= 11 is 0. The van der Waals surface area contributed by atoms with Crippen molar-refractivity contribution in [2.45, 2.75) is 53.4 Å². The van der Waals surface area contributed by atoms with Crippen LogP contribution in [-0.2, 0) is 0 Å². The van der Waals surface area contributed by atoms with Crippen molar-refractivity contribution < 1.29 is 0 Å². The van der Waals surface area contributed by atoms with Gasteiger partial charge in [-0.25, -0.2) is 9.97 Å². The van der Waals surface area contributed by atoms with E-state index in [1.54, 1.807) is 0 Å². The van der Waals surface area contributed by atoms with Crippen molar-refractivity contribution in [2.24, 2.45) is 0 Å². The SMILES string of the molecule is CCCCN(CC)c1nc(C(C)C)nc(N)c1C. The van der Waals surface area contributed by atoms with E-state index in [1.165, 1.54) is 12.8 Å². The number of nitrogen functional groups attached to an aromatic ring is 1. The number of unbranched alkanes of at least 4 members (excludes halogenated alkanes) is 1. The summed E-state index contributed by atoms with van der Waals surface area (Å²) in [5.74, 6) is 2.75. The van der Waals surface area contributed by atoms with Gasteiger partial charge in [0.1, 0.15) is 17.5 Å². The molecule has 0 aliphatic heterocycles. The third-order valence-corrected chi connectivity index (χ3v) is 3.15. The van der Waals surface area contributed by atoms with Crippen LogP contribution in [0.2, 0.25) is 0 Å². The van der Waals surface area contributed by atoms with E-state index in [1.807, 2.05) is 6.92 Å². The van der Waals surface area contributed by atoms with Crippen LogP contribution < -0.4 is 10.6 Å². The standard InChI is InChI=1S/C14H26N4/c1-6-8-9-18(7-2)14-11(5)12(15)16-13(17-14)10(3)4/h10H,6-9H2,1-5H3,(H2,15,16,17). The zero-order valence-electron chi connectivity index (χ0n) is 12.3. The average molecular weight is 250 g/mol. The number of anilines is 2. The Bertz CT molecular complexity index is 388. The van der Waals surface area contributed by atoms with E-state index in [0.717, 1.165) is 30.3 Å². The fraction of sp³-hybridized carbons (Fsp3) is 0.714. The van der Waals surface area contributed by atoms with Crippen molar-refractivity contribution in [3.05, 3.63) is 11.4 Å². The fourth-order valence-corrected chi connectivity index (χ4v) is 1.87. The minimum atomic E-state index is 0.302. The Labute approximate surface area is 111 Å². The van der Waals surface area contributed by atoms with Gasteiger partial charge in [-0.3, -0.25) is 0 Å². The predicted molar refractivity (Wildman–Crippen MR) is 78.1 cm³/mol. The van der Waals surface area contributed by atoms with E-state index in [0.29, 0.717) is 11.7 Å². The second-order valence-electron chi connectivity index (χ2n) is 5.00. The average Bonchev–Trinajstić information content (AvgIpc) is 2.34. The second kappa shape index (κ2) is 6.57. The third kappa shape index (κ3) is 3.34. The molecule has 1 aromatic rings. The van der Waals surface area contributed by atoms with Crippen LogP contribution in [0.1, 0.15) is 57.8 Å². The Balaban J connectivity index is 3.11. The Morgan fingerprint density at radius 3 is 2.39 bits per heavy atom. The van der Waals surface area contributed by atoms with E-state index >= 15 is 0 Å². The van der Waals surface area contributed by atoms with Crippen LogP contribution in [0.5, 0.6) is 0 Å². The van der Waals surface area contributed by atoms with E-state index in [4.69, 9.17) is 10.7 Å². The van der Waals surface area contributed by atoms with Crippen molar-refractivity contribution in [2.75, 3.05) is 23.7 Å². The summed E-state index contributed by atoms with van der Waals surface area (Å²) < 4.78 is 0. The topological polar surface area (TPSA) is 55.0 Å². The van der Waals surface area contributed by atoms with Crippen LogP contribution in [0.3, 0.4) is 0 Å². The second-order valence-corrected chi connectivity index (χ2v) is 5.00. The van der Waals surface area contributed by atoms with Gasteiger partial charge in [0.2, 0.25) is 0 Å². The van der Waals surface area contributed by atoms with Crippen molar-refractivity contribution in [3.8, 4) is 0 Å². The van der Waals surface area contributed by atoms with Crippen molar-refractivity contribution in [3.63, 3.8) is 0 Å². The molecule has 4 nitrogen and oxygen atoms in total. The number of hydrogen-bond acceptors (Lipinski definition) is 4. The molecule has 0 unspecified atom stereocenters. The smallest absolute Gasteiger partial charge is 0.137 e. The molecule has 0 saturated carbocycles. The zero-order valence-corrected chi connectivity index (χ0v) is 12.3. The van der Waals surface area contributed by atoms with Crippen LogP contribution in [0.4, 0.5) is 11.6 Å². The molecule has 0 aliphatic rings.